The fourth-order valence-electron chi connectivity index (χ4n) is 2.57. The van der Waals surface area contributed by atoms with E-state index in [1.165, 1.54) is 6.07 Å². The molecule has 3 aromatic rings. The van der Waals surface area contributed by atoms with Crippen LogP contribution >= 0.6 is 0 Å². The summed E-state index contributed by atoms with van der Waals surface area (Å²) in [5.41, 5.74) is 10.5. The highest BCUT2D eigenvalue weighted by Crippen LogP contribution is 2.33. The maximum Gasteiger partial charge on any atom is 0.125 e. The molecular formula is C19H17FN2. The predicted molar refractivity (Wildman–Crippen MR) is 90.0 cm³/mol. The number of benzene rings is 3. The van der Waals surface area contributed by atoms with E-state index in [1.54, 1.807) is 13.1 Å². The van der Waals surface area contributed by atoms with Crippen LogP contribution in [0.1, 0.15) is 0 Å². The van der Waals surface area contributed by atoms with Crippen LogP contribution in [0.5, 0.6) is 0 Å². The van der Waals surface area contributed by atoms with E-state index in [2.05, 4.69) is 29.1 Å². The monoisotopic (exact) mass is 292 g/mol. The number of halogens is 1. The van der Waals surface area contributed by atoms with Crippen LogP contribution in [0.2, 0.25) is 0 Å². The van der Waals surface area contributed by atoms with Gasteiger partial charge in [0.05, 0.1) is 5.69 Å². The molecule has 0 bridgehead atoms. The molecule has 2 nitrogen and oxygen atoms in total. The molecule has 0 unspecified atom stereocenters. The average molecular weight is 292 g/mol. The lowest BCUT2D eigenvalue weighted by atomic mass is 9.94. The molecule has 0 heterocycles. The summed E-state index contributed by atoms with van der Waals surface area (Å²) in [6.45, 7) is 0. The van der Waals surface area contributed by atoms with E-state index in [0.29, 0.717) is 5.69 Å². The maximum atomic E-state index is 13.9. The first-order valence-electron chi connectivity index (χ1n) is 7.16. The molecule has 0 aliphatic rings. The van der Waals surface area contributed by atoms with Crippen LogP contribution in [0.15, 0.2) is 72.8 Å². The largest absolute Gasteiger partial charge is 0.322 e. The smallest absolute Gasteiger partial charge is 0.125 e. The molecule has 0 fully saturated rings. The summed E-state index contributed by atoms with van der Waals surface area (Å²) in [5, 5.41) is 0. The number of anilines is 1. The topological polar surface area (TPSA) is 24.1 Å². The van der Waals surface area contributed by atoms with E-state index >= 15 is 0 Å². The second kappa shape index (κ2) is 6.41. The van der Waals surface area contributed by atoms with Gasteiger partial charge in [-0.1, -0.05) is 54.6 Å². The summed E-state index contributed by atoms with van der Waals surface area (Å²) < 4.78 is 13.9. The molecule has 0 spiro atoms. The minimum absolute atomic E-state index is 0.266. The summed E-state index contributed by atoms with van der Waals surface area (Å²) in [7, 11) is 1.75. The summed E-state index contributed by atoms with van der Waals surface area (Å²) in [5.74, 6) is -0.266. The normalized spacial score (nSPS) is 10.5. The van der Waals surface area contributed by atoms with Crippen molar-refractivity contribution >= 4 is 5.69 Å². The Bertz CT molecular complexity index is 769. The van der Waals surface area contributed by atoms with Crippen LogP contribution in [0.3, 0.4) is 0 Å². The van der Waals surface area contributed by atoms with E-state index in [9.17, 15) is 4.39 Å². The highest BCUT2D eigenvalue weighted by atomic mass is 19.1. The van der Waals surface area contributed by atoms with Crippen LogP contribution in [0, 0.1) is 5.82 Å². The number of hydrazine groups is 1. The van der Waals surface area contributed by atoms with E-state index in [0.717, 1.165) is 22.3 Å². The van der Waals surface area contributed by atoms with Gasteiger partial charge in [-0.25, -0.2) is 9.82 Å². The van der Waals surface area contributed by atoms with Crippen molar-refractivity contribution in [1.82, 2.24) is 5.43 Å². The van der Waals surface area contributed by atoms with Gasteiger partial charge in [-0.05, 0) is 40.5 Å². The second-order valence-electron chi connectivity index (χ2n) is 5.02. The number of rotatable bonds is 4. The predicted octanol–water partition coefficient (Wildman–Crippen LogP) is 4.71. The van der Waals surface area contributed by atoms with Gasteiger partial charge in [-0.15, -0.1) is 0 Å². The molecule has 0 aliphatic carbocycles. The highest BCUT2D eigenvalue weighted by molar-refractivity contribution is 5.84. The third kappa shape index (κ3) is 3.00. The average Bonchev–Trinajstić information content (AvgIpc) is 2.55. The van der Waals surface area contributed by atoms with Gasteiger partial charge < -0.3 is 5.43 Å². The van der Waals surface area contributed by atoms with E-state index < -0.39 is 0 Å². The van der Waals surface area contributed by atoms with Crippen molar-refractivity contribution in [1.29, 1.82) is 0 Å². The zero-order valence-electron chi connectivity index (χ0n) is 12.3. The molecule has 0 saturated carbocycles. The summed E-state index contributed by atoms with van der Waals surface area (Å²) in [6, 6.07) is 23.1. The fraction of sp³-hybridized carbons (Fsp3) is 0.0526. The van der Waals surface area contributed by atoms with Gasteiger partial charge in [0.2, 0.25) is 0 Å². The number of hydrogen-bond donors (Lipinski definition) is 2. The van der Waals surface area contributed by atoms with Gasteiger partial charge in [0.1, 0.15) is 5.82 Å². The first-order valence-corrected chi connectivity index (χ1v) is 7.16. The molecule has 110 valence electrons. The minimum Gasteiger partial charge on any atom is -0.322 e. The van der Waals surface area contributed by atoms with Gasteiger partial charge >= 0.3 is 0 Å². The molecule has 3 rings (SSSR count). The van der Waals surface area contributed by atoms with Gasteiger partial charge in [0.25, 0.3) is 0 Å². The van der Waals surface area contributed by atoms with Crippen LogP contribution < -0.4 is 10.9 Å². The minimum atomic E-state index is -0.266. The zero-order valence-corrected chi connectivity index (χ0v) is 12.3. The standard InChI is InChI=1S/C19H17FN2/c1-21-22-17-12-15(11-16(20)13-17)19-10-6-5-9-18(19)14-7-3-2-4-8-14/h2-13,21-22H,1H3. The third-order valence-electron chi connectivity index (χ3n) is 3.49. The molecule has 3 aromatic carbocycles. The summed E-state index contributed by atoms with van der Waals surface area (Å²) >= 11 is 0. The van der Waals surface area contributed by atoms with Crippen molar-refractivity contribution in [3.8, 4) is 22.3 Å². The molecule has 0 aromatic heterocycles. The Kier molecular flexibility index (Phi) is 4.17. The lowest BCUT2D eigenvalue weighted by molar-refractivity contribution is 0.628. The number of hydrogen-bond acceptors (Lipinski definition) is 2. The fourth-order valence-corrected chi connectivity index (χ4v) is 2.57. The Balaban J connectivity index is 2.13. The lowest BCUT2D eigenvalue weighted by Gasteiger charge is -2.12. The van der Waals surface area contributed by atoms with Crippen molar-refractivity contribution in [2.75, 3.05) is 12.5 Å². The van der Waals surface area contributed by atoms with Crippen LogP contribution in [0.4, 0.5) is 10.1 Å². The molecule has 0 amide bonds. The molecule has 0 atom stereocenters. The molecular weight excluding hydrogens is 275 g/mol. The van der Waals surface area contributed by atoms with Crippen LogP contribution in [0.25, 0.3) is 22.3 Å². The third-order valence-corrected chi connectivity index (χ3v) is 3.49. The van der Waals surface area contributed by atoms with Gasteiger partial charge in [-0.3, -0.25) is 0 Å². The Hall–Kier alpha value is -2.65. The molecule has 2 N–H and O–H groups in total. The number of nitrogens with one attached hydrogen (secondary N) is 2. The van der Waals surface area contributed by atoms with Crippen molar-refractivity contribution < 1.29 is 4.39 Å². The van der Waals surface area contributed by atoms with Crippen LogP contribution in [-0.2, 0) is 0 Å². The van der Waals surface area contributed by atoms with Crippen LogP contribution in [-0.4, -0.2) is 7.05 Å². The Morgan fingerprint density at radius 1 is 0.727 bits per heavy atom. The SMILES string of the molecule is CNNc1cc(F)cc(-c2ccccc2-c2ccccc2)c1. The lowest BCUT2D eigenvalue weighted by Crippen LogP contribution is -2.15. The van der Waals surface area contributed by atoms with E-state index in [4.69, 9.17) is 0 Å². The van der Waals surface area contributed by atoms with Crippen molar-refractivity contribution in [3.63, 3.8) is 0 Å². The maximum absolute atomic E-state index is 13.9. The molecule has 0 saturated heterocycles. The van der Waals surface area contributed by atoms with Gasteiger partial charge in [-0.2, -0.15) is 0 Å². The molecule has 0 aliphatic heterocycles. The summed E-state index contributed by atoms with van der Waals surface area (Å²) in [6.07, 6.45) is 0. The van der Waals surface area contributed by atoms with Crippen molar-refractivity contribution in [3.05, 3.63) is 78.6 Å². The van der Waals surface area contributed by atoms with Crippen molar-refractivity contribution in [2.45, 2.75) is 0 Å². The van der Waals surface area contributed by atoms with Gasteiger partial charge in [0, 0.05) is 7.05 Å². The molecule has 3 heteroatoms. The Morgan fingerprint density at radius 3 is 2.05 bits per heavy atom. The highest BCUT2D eigenvalue weighted by Gasteiger charge is 2.09. The molecule has 22 heavy (non-hydrogen) atoms. The first kappa shape index (κ1) is 14.3. The Labute approximate surface area is 129 Å². The van der Waals surface area contributed by atoms with E-state index in [-0.39, 0.29) is 5.82 Å². The molecule has 0 radical (unpaired) electrons. The Morgan fingerprint density at radius 2 is 1.36 bits per heavy atom. The zero-order chi connectivity index (χ0) is 15.4. The van der Waals surface area contributed by atoms with Crippen molar-refractivity contribution in [2.24, 2.45) is 0 Å². The first-order chi connectivity index (χ1) is 10.8. The van der Waals surface area contributed by atoms with Gasteiger partial charge in [0.15, 0.2) is 0 Å². The quantitative estimate of drug-likeness (QED) is 0.681. The second-order valence-corrected chi connectivity index (χ2v) is 5.02. The van der Waals surface area contributed by atoms with E-state index in [1.807, 2.05) is 42.5 Å². The summed E-state index contributed by atoms with van der Waals surface area (Å²) in [4.78, 5) is 0.